The van der Waals surface area contributed by atoms with Gasteiger partial charge < -0.3 is 10.2 Å². The fourth-order valence-corrected chi connectivity index (χ4v) is 2.79. The Morgan fingerprint density at radius 3 is 2.25 bits per heavy atom. The van der Waals surface area contributed by atoms with Gasteiger partial charge in [-0.05, 0) is 34.2 Å². The molecule has 0 radical (unpaired) electrons. The third-order valence-corrected chi connectivity index (χ3v) is 5.17. The molecule has 0 aromatic rings. The van der Waals surface area contributed by atoms with E-state index in [1.54, 1.807) is 0 Å². The number of nitrogens with one attached hydrogen (secondary N) is 1. The summed E-state index contributed by atoms with van der Waals surface area (Å²) in [5, 5.41) is 3.52. The van der Waals surface area contributed by atoms with Crippen LogP contribution in [0.2, 0.25) is 0 Å². The maximum Gasteiger partial charge on any atom is 0.194 e. The Kier molecular flexibility index (Phi) is 5.47. The van der Waals surface area contributed by atoms with Crippen molar-refractivity contribution in [3.8, 4) is 0 Å². The van der Waals surface area contributed by atoms with Crippen LogP contribution in [0.5, 0.6) is 0 Å². The van der Waals surface area contributed by atoms with Gasteiger partial charge in [-0.15, -0.1) is 0 Å². The smallest absolute Gasteiger partial charge is 0.194 e. The topological polar surface area (TPSA) is 30.9 Å². The molecule has 0 atom stereocenters. The predicted octanol–water partition coefficient (Wildman–Crippen LogP) is 2.41. The van der Waals surface area contributed by atoms with Gasteiger partial charge in [-0.1, -0.05) is 20.8 Å². The van der Waals surface area contributed by atoms with Crippen LogP contribution >= 0.6 is 0 Å². The second kappa shape index (κ2) is 6.33. The summed E-state index contributed by atoms with van der Waals surface area (Å²) in [5.41, 5.74) is 0.509. The molecule has 1 aliphatic rings. The van der Waals surface area contributed by atoms with Gasteiger partial charge in [0.25, 0.3) is 0 Å². The van der Waals surface area contributed by atoms with Crippen LogP contribution in [-0.4, -0.2) is 60.6 Å². The van der Waals surface area contributed by atoms with Gasteiger partial charge in [0.15, 0.2) is 5.96 Å². The van der Waals surface area contributed by atoms with E-state index >= 15 is 0 Å². The molecule has 1 N–H and O–H groups in total. The van der Waals surface area contributed by atoms with Crippen LogP contribution < -0.4 is 5.32 Å². The average molecular weight is 282 g/mol. The largest absolute Gasteiger partial charge is 0.355 e. The maximum atomic E-state index is 4.45. The molecule has 1 heterocycles. The van der Waals surface area contributed by atoms with Crippen molar-refractivity contribution in [1.82, 2.24) is 15.1 Å². The Balaban J connectivity index is 2.51. The van der Waals surface area contributed by atoms with Crippen molar-refractivity contribution in [2.75, 3.05) is 33.2 Å². The lowest BCUT2D eigenvalue weighted by molar-refractivity contribution is -0.0667. The van der Waals surface area contributed by atoms with E-state index in [4.69, 9.17) is 0 Å². The van der Waals surface area contributed by atoms with E-state index in [2.05, 4.69) is 68.6 Å². The van der Waals surface area contributed by atoms with Gasteiger partial charge >= 0.3 is 0 Å². The molecule has 118 valence electrons. The molecule has 4 nitrogen and oxygen atoms in total. The Morgan fingerprint density at radius 2 is 1.90 bits per heavy atom. The lowest BCUT2D eigenvalue weighted by Crippen LogP contribution is -2.72. The first-order chi connectivity index (χ1) is 9.17. The first-order valence-electron chi connectivity index (χ1n) is 7.89. The van der Waals surface area contributed by atoms with Gasteiger partial charge in [0.05, 0.1) is 0 Å². The van der Waals surface area contributed by atoms with E-state index in [0.29, 0.717) is 11.5 Å². The molecule has 4 heteroatoms. The van der Waals surface area contributed by atoms with Gasteiger partial charge in [0.2, 0.25) is 0 Å². The van der Waals surface area contributed by atoms with E-state index < -0.39 is 0 Å². The van der Waals surface area contributed by atoms with Crippen molar-refractivity contribution in [3.63, 3.8) is 0 Å². The number of guanidine groups is 1. The molecular weight excluding hydrogens is 248 g/mol. The number of nitrogens with zero attached hydrogens (tertiary/aromatic N) is 3. The lowest BCUT2D eigenvalue weighted by Gasteiger charge is -2.62. The van der Waals surface area contributed by atoms with E-state index in [-0.39, 0.29) is 5.54 Å². The van der Waals surface area contributed by atoms with E-state index in [1.807, 2.05) is 7.05 Å². The maximum absolute atomic E-state index is 4.45. The van der Waals surface area contributed by atoms with E-state index in [9.17, 15) is 0 Å². The van der Waals surface area contributed by atoms with Gasteiger partial charge in [0.1, 0.15) is 0 Å². The fraction of sp³-hybridized carbons (Fsp3) is 0.938. The minimum atomic E-state index is 0.164. The number of likely N-dealkylation sites (N-methyl/N-ethyl adjacent to an activating group) is 1. The third-order valence-electron chi connectivity index (χ3n) is 5.17. The Hall–Kier alpha value is -0.770. The molecule has 1 rings (SSSR count). The summed E-state index contributed by atoms with van der Waals surface area (Å²) < 4.78 is 0. The van der Waals surface area contributed by atoms with Crippen LogP contribution in [0.3, 0.4) is 0 Å². The standard InChI is InChI=1S/C16H34N4/c1-9-19(13(2)3)11-10-18-14(17-8)20-12-15(4,5)16(20,6)7/h13H,9-12H2,1-8H3,(H,17,18). The Morgan fingerprint density at radius 1 is 1.30 bits per heavy atom. The number of likely N-dealkylation sites (tertiary alicyclic amines) is 1. The zero-order chi connectivity index (χ0) is 15.6. The summed E-state index contributed by atoms with van der Waals surface area (Å²) in [5.74, 6) is 1.04. The zero-order valence-electron chi connectivity index (χ0n) is 14.7. The van der Waals surface area contributed by atoms with Gasteiger partial charge in [-0.3, -0.25) is 9.89 Å². The molecule has 1 saturated heterocycles. The SMILES string of the molecule is CCN(CCNC(=NC)N1CC(C)(C)C1(C)C)C(C)C. The van der Waals surface area contributed by atoms with Crippen molar-refractivity contribution in [2.24, 2.45) is 10.4 Å². The molecule has 0 amide bonds. The third kappa shape index (κ3) is 3.27. The fourth-order valence-electron chi connectivity index (χ4n) is 2.79. The average Bonchev–Trinajstić information content (AvgIpc) is 2.36. The molecule has 0 spiro atoms. The van der Waals surface area contributed by atoms with E-state index in [0.717, 1.165) is 32.1 Å². The Labute approximate surface area is 125 Å². The molecule has 0 bridgehead atoms. The van der Waals surface area contributed by atoms with Crippen molar-refractivity contribution >= 4 is 5.96 Å². The van der Waals surface area contributed by atoms with Crippen LogP contribution in [0.25, 0.3) is 0 Å². The van der Waals surface area contributed by atoms with Crippen LogP contribution in [0, 0.1) is 5.41 Å². The molecule has 1 aliphatic heterocycles. The molecule has 0 aliphatic carbocycles. The molecule has 0 saturated carbocycles. The number of hydrogen-bond acceptors (Lipinski definition) is 2. The highest BCUT2D eigenvalue weighted by molar-refractivity contribution is 5.82. The summed E-state index contributed by atoms with van der Waals surface area (Å²) in [4.78, 5) is 9.30. The normalized spacial score (nSPS) is 21.3. The lowest BCUT2D eigenvalue weighted by atomic mass is 9.65. The summed E-state index contributed by atoms with van der Waals surface area (Å²) in [7, 11) is 1.88. The van der Waals surface area contributed by atoms with Gasteiger partial charge in [-0.2, -0.15) is 0 Å². The van der Waals surface area contributed by atoms with Crippen LogP contribution in [-0.2, 0) is 0 Å². The number of hydrogen-bond donors (Lipinski definition) is 1. The molecule has 20 heavy (non-hydrogen) atoms. The van der Waals surface area contributed by atoms with Crippen LogP contribution in [0.4, 0.5) is 0 Å². The number of rotatable bonds is 5. The van der Waals surface area contributed by atoms with Crippen molar-refractivity contribution in [2.45, 2.75) is 60.0 Å². The van der Waals surface area contributed by atoms with Crippen molar-refractivity contribution in [3.05, 3.63) is 0 Å². The van der Waals surface area contributed by atoms with E-state index in [1.165, 1.54) is 0 Å². The summed E-state index contributed by atoms with van der Waals surface area (Å²) >= 11 is 0. The first kappa shape index (κ1) is 17.3. The van der Waals surface area contributed by atoms with Gasteiger partial charge in [-0.25, -0.2) is 0 Å². The molecule has 1 fully saturated rings. The minimum absolute atomic E-state index is 0.164. The molecule has 0 unspecified atom stereocenters. The monoisotopic (exact) mass is 282 g/mol. The van der Waals surface area contributed by atoms with Crippen LogP contribution in [0.15, 0.2) is 4.99 Å². The quantitative estimate of drug-likeness (QED) is 0.620. The second-order valence-corrected chi connectivity index (χ2v) is 7.23. The van der Waals surface area contributed by atoms with Crippen molar-refractivity contribution in [1.29, 1.82) is 0 Å². The van der Waals surface area contributed by atoms with Crippen molar-refractivity contribution < 1.29 is 0 Å². The minimum Gasteiger partial charge on any atom is -0.355 e. The highest BCUT2D eigenvalue weighted by atomic mass is 15.4. The molecular formula is C16H34N4. The molecule has 0 aromatic heterocycles. The second-order valence-electron chi connectivity index (χ2n) is 7.23. The summed E-state index contributed by atoms with van der Waals surface area (Å²) in [6, 6.07) is 0.600. The molecule has 0 aromatic carbocycles. The van der Waals surface area contributed by atoms with Gasteiger partial charge in [0, 0.05) is 43.7 Å². The summed E-state index contributed by atoms with van der Waals surface area (Å²) in [6.45, 7) is 20.2. The zero-order valence-corrected chi connectivity index (χ0v) is 14.7. The summed E-state index contributed by atoms with van der Waals surface area (Å²) in [6.07, 6.45) is 0. The van der Waals surface area contributed by atoms with Crippen LogP contribution in [0.1, 0.15) is 48.5 Å². The number of aliphatic imine (C=N–C) groups is 1. The highest BCUT2D eigenvalue weighted by Gasteiger charge is 2.53. The highest BCUT2D eigenvalue weighted by Crippen LogP contribution is 2.46. The Bertz CT molecular complexity index is 344. The predicted molar refractivity (Wildman–Crippen MR) is 88.3 cm³/mol. The first-order valence-corrected chi connectivity index (χ1v) is 7.89.